The second-order valence-electron chi connectivity index (χ2n) is 15.1. The van der Waals surface area contributed by atoms with Crippen LogP contribution in [-0.4, -0.2) is 77.3 Å². The lowest BCUT2D eigenvalue weighted by Gasteiger charge is -2.47. The van der Waals surface area contributed by atoms with Crippen molar-refractivity contribution in [3.8, 4) is 0 Å². The van der Waals surface area contributed by atoms with E-state index in [9.17, 15) is 28.8 Å². The third kappa shape index (κ3) is 11.3. The summed E-state index contributed by atoms with van der Waals surface area (Å²) in [7, 11) is 0. The summed E-state index contributed by atoms with van der Waals surface area (Å²) in [5.74, 6) is -2.96. The van der Waals surface area contributed by atoms with E-state index in [1.54, 1.807) is 37.8 Å². The zero-order valence-corrected chi connectivity index (χ0v) is 30.2. The van der Waals surface area contributed by atoms with Gasteiger partial charge >= 0.3 is 12.1 Å². The number of carbonyl (C=O) groups excluding carboxylic acids is 6. The lowest BCUT2D eigenvalue weighted by Crippen LogP contribution is -2.63. The summed E-state index contributed by atoms with van der Waals surface area (Å²) in [5.41, 5.74) is 0.0392. The van der Waals surface area contributed by atoms with Gasteiger partial charge in [0.1, 0.15) is 30.8 Å². The first-order valence-electron chi connectivity index (χ1n) is 18.5. The van der Waals surface area contributed by atoms with E-state index in [1.807, 2.05) is 25.1 Å². The zero-order valence-electron chi connectivity index (χ0n) is 30.2. The third-order valence-corrected chi connectivity index (χ3v) is 10.1. The standard InChI is InChI=1S/C38H56N4O8/c1-5-14-29(33(44)35(46)39-22-31(43)49-24-25-15-8-6-9-16-25)40-34(45)30-21-27-19-12-13-20-28(27)23-42(30)36(47)32(26-17-10-7-11-18-26)41-37(48)50-38(2,3)4/h6,8-9,15-16,26-30,32H,5,7,10-14,17-24H2,1-4H3,(H,39,46)(H,40,45)(H,41,48)/t27-,28+,29?,30-,32-/m0/s1. The number of hydrogen-bond donors (Lipinski definition) is 3. The van der Waals surface area contributed by atoms with E-state index in [0.29, 0.717) is 19.4 Å². The summed E-state index contributed by atoms with van der Waals surface area (Å²) in [6, 6.07) is 6.24. The average molecular weight is 697 g/mol. The van der Waals surface area contributed by atoms with Crippen molar-refractivity contribution in [2.45, 2.75) is 135 Å². The summed E-state index contributed by atoms with van der Waals surface area (Å²) < 4.78 is 10.7. The molecule has 1 saturated heterocycles. The second-order valence-corrected chi connectivity index (χ2v) is 15.1. The monoisotopic (exact) mass is 696 g/mol. The summed E-state index contributed by atoms with van der Waals surface area (Å²) in [6.45, 7) is 7.07. The van der Waals surface area contributed by atoms with Crippen molar-refractivity contribution in [3.05, 3.63) is 35.9 Å². The molecular weight excluding hydrogens is 640 g/mol. The van der Waals surface area contributed by atoms with Gasteiger partial charge in [-0.25, -0.2) is 4.79 Å². The van der Waals surface area contributed by atoms with Gasteiger partial charge in [0.15, 0.2) is 0 Å². The first kappa shape index (κ1) is 38.8. The van der Waals surface area contributed by atoms with E-state index in [-0.39, 0.29) is 36.7 Å². The van der Waals surface area contributed by atoms with Gasteiger partial charge in [0.2, 0.25) is 17.6 Å². The molecule has 276 valence electrons. The molecule has 5 atom stereocenters. The smallest absolute Gasteiger partial charge is 0.408 e. The van der Waals surface area contributed by atoms with Gasteiger partial charge < -0.3 is 30.3 Å². The van der Waals surface area contributed by atoms with Crippen LogP contribution in [0.4, 0.5) is 4.79 Å². The highest BCUT2D eigenvalue weighted by atomic mass is 16.6. The van der Waals surface area contributed by atoms with Crippen LogP contribution in [0.25, 0.3) is 0 Å². The molecule has 12 heteroatoms. The molecule has 4 rings (SSSR count). The van der Waals surface area contributed by atoms with Gasteiger partial charge in [-0.1, -0.05) is 82.2 Å². The van der Waals surface area contributed by atoms with Crippen LogP contribution < -0.4 is 16.0 Å². The van der Waals surface area contributed by atoms with Crippen molar-refractivity contribution >= 4 is 35.6 Å². The Hall–Kier alpha value is -3.96. The number of nitrogens with zero attached hydrogens (tertiary/aromatic N) is 1. The van der Waals surface area contributed by atoms with Crippen molar-refractivity contribution in [3.63, 3.8) is 0 Å². The van der Waals surface area contributed by atoms with E-state index in [4.69, 9.17) is 9.47 Å². The summed E-state index contributed by atoms with van der Waals surface area (Å²) in [5, 5.41) is 8.01. The van der Waals surface area contributed by atoms with Crippen LogP contribution in [0.3, 0.4) is 0 Å². The molecule has 2 aliphatic carbocycles. The van der Waals surface area contributed by atoms with Crippen molar-refractivity contribution < 1.29 is 38.2 Å². The van der Waals surface area contributed by atoms with Crippen LogP contribution in [0.15, 0.2) is 30.3 Å². The molecule has 0 aromatic heterocycles. The maximum atomic E-state index is 14.5. The van der Waals surface area contributed by atoms with Gasteiger partial charge in [-0.15, -0.1) is 0 Å². The van der Waals surface area contributed by atoms with Gasteiger partial charge in [0, 0.05) is 6.54 Å². The molecule has 0 bridgehead atoms. The maximum Gasteiger partial charge on any atom is 0.408 e. The molecular formula is C38H56N4O8. The number of ether oxygens (including phenoxy) is 2. The van der Waals surface area contributed by atoms with E-state index in [2.05, 4.69) is 16.0 Å². The van der Waals surface area contributed by atoms with Crippen molar-refractivity contribution in [1.82, 2.24) is 20.9 Å². The number of esters is 1. The van der Waals surface area contributed by atoms with Crippen molar-refractivity contribution in [1.29, 1.82) is 0 Å². The Morgan fingerprint density at radius 2 is 1.54 bits per heavy atom. The molecule has 3 N–H and O–H groups in total. The van der Waals surface area contributed by atoms with Crippen LogP contribution in [0.5, 0.6) is 0 Å². The van der Waals surface area contributed by atoms with E-state index >= 15 is 0 Å². The normalized spacial score (nSPS) is 22.2. The maximum absolute atomic E-state index is 14.5. The molecule has 1 aromatic carbocycles. The quantitative estimate of drug-likeness (QED) is 0.200. The number of Topliss-reactive ketones (excluding diaryl/α,β-unsaturated/α-hetero) is 1. The highest BCUT2D eigenvalue weighted by Gasteiger charge is 2.46. The molecule has 1 aromatic rings. The van der Waals surface area contributed by atoms with Crippen LogP contribution in [-0.2, 0) is 40.1 Å². The first-order chi connectivity index (χ1) is 23.9. The van der Waals surface area contributed by atoms with Gasteiger partial charge in [-0.2, -0.15) is 0 Å². The number of fused-ring (bicyclic) bond motifs is 1. The molecule has 0 spiro atoms. The predicted octanol–water partition coefficient (Wildman–Crippen LogP) is 4.58. The number of alkyl carbamates (subject to hydrolysis) is 1. The Balaban J connectivity index is 1.47. The molecule has 0 radical (unpaired) electrons. The van der Waals surface area contributed by atoms with E-state index in [0.717, 1.165) is 63.4 Å². The van der Waals surface area contributed by atoms with Gasteiger partial charge in [-0.3, -0.25) is 24.0 Å². The van der Waals surface area contributed by atoms with Gasteiger partial charge in [0.25, 0.3) is 5.91 Å². The Labute approximate surface area is 296 Å². The SMILES string of the molecule is CCCC(NC(=O)[C@@H]1C[C@@H]2CCCC[C@@H]2CN1C(=O)[C@@H](NC(=O)OC(C)(C)C)C1CCCCC1)C(=O)C(=O)NCC(=O)OCc1ccccc1. The molecule has 4 amide bonds. The summed E-state index contributed by atoms with van der Waals surface area (Å²) in [4.78, 5) is 81.7. The van der Waals surface area contributed by atoms with E-state index in [1.165, 1.54) is 0 Å². The fraction of sp³-hybridized carbons (Fsp3) is 0.684. The van der Waals surface area contributed by atoms with Crippen LogP contribution in [0.1, 0.15) is 110 Å². The molecule has 1 heterocycles. The number of ketones is 1. The van der Waals surface area contributed by atoms with Crippen LogP contribution in [0, 0.1) is 17.8 Å². The van der Waals surface area contributed by atoms with Gasteiger partial charge in [0.05, 0.1) is 6.04 Å². The highest BCUT2D eigenvalue weighted by Crippen LogP contribution is 2.39. The largest absolute Gasteiger partial charge is 0.460 e. The molecule has 1 aliphatic heterocycles. The number of nitrogens with one attached hydrogen (secondary N) is 3. The second kappa shape index (κ2) is 18.3. The van der Waals surface area contributed by atoms with Crippen molar-refractivity contribution in [2.75, 3.05) is 13.1 Å². The van der Waals surface area contributed by atoms with Crippen LogP contribution >= 0.6 is 0 Å². The van der Waals surface area contributed by atoms with Crippen molar-refractivity contribution in [2.24, 2.45) is 17.8 Å². The molecule has 3 fully saturated rings. The number of carbonyl (C=O) groups is 6. The molecule has 50 heavy (non-hydrogen) atoms. The number of amides is 4. The minimum Gasteiger partial charge on any atom is -0.460 e. The number of rotatable bonds is 13. The fourth-order valence-electron chi connectivity index (χ4n) is 7.60. The Morgan fingerprint density at radius 3 is 2.20 bits per heavy atom. The van der Waals surface area contributed by atoms with Gasteiger partial charge in [-0.05, 0) is 76.2 Å². The summed E-state index contributed by atoms with van der Waals surface area (Å²) >= 11 is 0. The number of likely N-dealkylation sites (tertiary alicyclic amines) is 1. The lowest BCUT2D eigenvalue weighted by molar-refractivity contribution is -0.150. The first-order valence-corrected chi connectivity index (χ1v) is 18.5. The topological polar surface area (TPSA) is 160 Å². The average Bonchev–Trinajstić information content (AvgIpc) is 3.10. The lowest BCUT2D eigenvalue weighted by atomic mass is 9.72. The van der Waals surface area contributed by atoms with E-state index < -0.39 is 59.9 Å². The Kier molecular flexibility index (Phi) is 14.2. The highest BCUT2D eigenvalue weighted by molar-refractivity contribution is 6.38. The number of piperidine rings is 1. The zero-order chi connectivity index (χ0) is 36.3. The number of benzene rings is 1. The Bertz CT molecular complexity index is 1340. The minimum atomic E-state index is -1.14. The predicted molar refractivity (Wildman–Crippen MR) is 186 cm³/mol. The number of hydrogen-bond acceptors (Lipinski definition) is 8. The molecule has 3 aliphatic rings. The molecule has 2 saturated carbocycles. The Morgan fingerprint density at radius 1 is 0.880 bits per heavy atom. The minimum absolute atomic E-state index is 0.0331. The van der Waals surface area contributed by atoms with Crippen LogP contribution in [0.2, 0.25) is 0 Å². The molecule has 12 nitrogen and oxygen atoms in total. The summed E-state index contributed by atoms with van der Waals surface area (Å²) in [6.07, 6.45) is 9.05. The molecule has 1 unspecified atom stereocenters. The third-order valence-electron chi connectivity index (χ3n) is 10.1. The fourth-order valence-corrected chi connectivity index (χ4v) is 7.60.